The first-order valence-corrected chi connectivity index (χ1v) is 5.36. The molecule has 1 aromatic heterocycles. The van der Waals surface area contributed by atoms with E-state index in [1.807, 2.05) is 0 Å². The number of nitrogens with zero attached hydrogens (tertiary/aromatic N) is 2. The molecule has 0 aliphatic rings. The normalized spacial score (nSPS) is 9.73. The smallest absolute Gasteiger partial charge is 0.241 e. The van der Waals surface area contributed by atoms with Gasteiger partial charge in [-0.25, -0.2) is 0 Å². The van der Waals surface area contributed by atoms with Gasteiger partial charge in [0.05, 0.1) is 17.2 Å². The lowest BCUT2D eigenvalue weighted by Crippen LogP contribution is -2.23. The molecule has 0 spiro atoms. The van der Waals surface area contributed by atoms with Gasteiger partial charge in [0.25, 0.3) is 0 Å². The van der Waals surface area contributed by atoms with E-state index in [9.17, 15) is 9.59 Å². The Morgan fingerprint density at radius 1 is 1.53 bits per heavy atom. The number of amides is 2. The van der Waals surface area contributed by atoms with Crippen LogP contribution < -0.4 is 10.6 Å². The van der Waals surface area contributed by atoms with Gasteiger partial charge in [0.1, 0.15) is 6.54 Å². The second-order valence-electron chi connectivity index (χ2n) is 2.78. The molecule has 1 heterocycles. The van der Waals surface area contributed by atoms with E-state index in [0.29, 0.717) is 5.69 Å². The first-order chi connectivity index (χ1) is 7.15. The summed E-state index contributed by atoms with van der Waals surface area (Å²) in [5.74, 6) is -0.300. The van der Waals surface area contributed by atoms with E-state index in [1.54, 1.807) is 13.2 Å². The Bertz CT molecular complexity index is 331. The highest BCUT2D eigenvalue weighted by Gasteiger charge is 2.04. The number of rotatable bonds is 4. The number of hydrogen-bond donors (Lipinski definition) is 2. The minimum absolute atomic E-state index is 0.140. The molecule has 0 saturated carbocycles. The fourth-order valence-electron chi connectivity index (χ4n) is 0.935. The van der Waals surface area contributed by atoms with Crippen LogP contribution in [0.5, 0.6) is 0 Å². The van der Waals surface area contributed by atoms with E-state index in [4.69, 9.17) is 0 Å². The third-order valence-corrected chi connectivity index (χ3v) is 2.13. The van der Waals surface area contributed by atoms with Gasteiger partial charge in [0.2, 0.25) is 11.8 Å². The molecular weight excluding hydrogens is 264 g/mol. The highest BCUT2D eigenvalue weighted by Crippen LogP contribution is 2.04. The summed E-state index contributed by atoms with van der Waals surface area (Å²) in [5.41, 5.74) is 0.573. The molecule has 15 heavy (non-hydrogen) atoms. The maximum atomic E-state index is 11.0. The summed E-state index contributed by atoms with van der Waals surface area (Å²) in [6.45, 7) is 0.140. The van der Waals surface area contributed by atoms with E-state index in [-0.39, 0.29) is 23.7 Å². The molecule has 0 aliphatic carbocycles. The van der Waals surface area contributed by atoms with E-state index in [1.165, 1.54) is 10.9 Å². The number of nitrogens with one attached hydrogen (secondary N) is 2. The van der Waals surface area contributed by atoms with Crippen LogP contribution >= 0.6 is 15.9 Å². The van der Waals surface area contributed by atoms with Gasteiger partial charge >= 0.3 is 0 Å². The van der Waals surface area contributed by atoms with Crippen molar-refractivity contribution in [3.8, 4) is 0 Å². The fourth-order valence-corrected chi connectivity index (χ4v) is 1.08. The van der Waals surface area contributed by atoms with Crippen molar-refractivity contribution < 1.29 is 9.59 Å². The van der Waals surface area contributed by atoms with Gasteiger partial charge in [-0.05, 0) is 0 Å². The molecule has 2 amide bonds. The van der Waals surface area contributed by atoms with Gasteiger partial charge in [-0.2, -0.15) is 5.10 Å². The van der Waals surface area contributed by atoms with Crippen LogP contribution in [-0.4, -0.2) is 34.0 Å². The number of carbonyl (C=O) groups excluding carboxylic acids is 2. The number of carbonyl (C=O) groups is 2. The quantitative estimate of drug-likeness (QED) is 0.757. The van der Waals surface area contributed by atoms with Crippen LogP contribution in [0.1, 0.15) is 0 Å². The van der Waals surface area contributed by atoms with Crippen molar-refractivity contribution in [1.82, 2.24) is 15.1 Å². The number of aromatic nitrogens is 2. The predicted molar refractivity (Wildman–Crippen MR) is 58.7 cm³/mol. The minimum Gasteiger partial charge on any atom is -0.358 e. The molecule has 2 N–H and O–H groups in total. The lowest BCUT2D eigenvalue weighted by molar-refractivity contribution is -0.121. The lowest BCUT2D eigenvalue weighted by atomic mass is 10.5. The molecule has 7 heteroatoms. The van der Waals surface area contributed by atoms with Crippen LogP contribution in [0.2, 0.25) is 0 Å². The summed E-state index contributed by atoms with van der Waals surface area (Å²) >= 11 is 3.03. The van der Waals surface area contributed by atoms with Crippen molar-refractivity contribution in [2.75, 3.05) is 17.7 Å². The number of halogens is 1. The standard InChI is InChI=1S/C8H11BrN4O2/c1-10-8(15)5-13-4-6(3-11-13)12-7(14)2-9/h3-4H,2,5H2,1H3,(H,10,15)(H,12,14). The average Bonchev–Trinajstić information content (AvgIpc) is 2.65. The maximum Gasteiger partial charge on any atom is 0.241 e. The molecule has 1 aromatic rings. The Hall–Kier alpha value is -1.37. The Balaban J connectivity index is 2.56. The Morgan fingerprint density at radius 3 is 2.87 bits per heavy atom. The van der Waals surface area contributed by atoms with E-state index < -0.39 is 0 Å². The lowest BCUT2D eigenvalue weighted by Gasteiger charge is -1.99. The number of alkyl halides is 1. The summed E-state index contributed by atoms with van der Waals surface area (Å²) in [6, 6.07) is 0. The molecule has 0 aliphatic heterocycles. The Labute approximate surface area is 95.2 Å². The number of likely N-dealkylation sites (N-methyl/N-ethyl adjacent to an activating group) is 1. The SMILES string of the molecule is CNC(=O)Cn1cc(NC(=O)CBr)cn1. The van der Waals surface area contributed by atoms with Gasteiger partial charge in [-0.1, -0.05) is 15.9 Å². The molecule has 0 aromatic carbocycles. The van der Waals surface area contributed by atoms with Crippen molar-refractivity contribution in [1.29, 1.82) is 0 Å². The average molecular weight is 275 g/mol. The summed E-state index contributed by atoms with van der Waals surface area (Å²) in [7, 11) is 1.55. The molecule has 0 fully saturated rings. The zero-order valence-electron chi connectivity index (χ0n) is 8.16. The molecule has 1 rings (SSSR count). The van der Waals surface area contributed by atoms with Gasteiger partial charge in [0, 0.05) is 13.2 Å². The predicted octanol–water partition coefficient (Wildman–Crippen LogP) is -0.0375. The second kappa shape index (κ2) is 5.50. The van der Waals surface area contributed by atoms with Crippen molar-refractivity contribution in [3.05, 3.63) is 12.4 Å². The summed E-state index contributed by atoms with van der Waals surface area (Å²) in [5, 5.41) is 9.23. The number of hydrogen-bond acceptors (Lipinski definition) is 3. The monoisotopic (exact) mass is 274 g/mol. The highest BCUT2D eigenvalue weighted by atomic mass is 79.9. The molecule has 0 bridgehead atoms. The molecule has 6 nitrogen and oxygen atoms in total. The van der Waals surface area contributed by atoms with Crippen molar-refractivity contribution >= 4 is 33.4 Å². The van der Waals surface area contributed by atoms with Crippen LogP contribution in [0.4, 0.5) is 5.69 Å². The minimum atomic E-state index is -0.158. The number of anilines is 1. The van der Waals surface area contributed by atoms with E-state index >= 15 is 0 Å². The summed E-state index contributed by atoms with van der Waals surface area (Å²) in [4.78, 5) is 22.0. The van der Waals surface area contributed by atoms with Gasteiger partial charge in [-0.3, -0.25) is 14.3 Å². The van der Waals surface area contributed by atoms with Crippen LogP contribution in [0.3, 0.4) is 0 Å². The maximum absolute atomic E-state index is 11.0. The first-order valence-electron chi connectivity index (χ1n) is 4.24. The topological polar surface area (TPSA) is 76.0 Å². The van der Waals surface area contributed by atoms with Crippen molar-refractivity contribution in [2.24, 2.45) is 0 Å². The largest absolute Gasteiger partial charge is 0.358 e. The first kappa shape index (κ1) is 11.7. The molecule has 0 atom stereocenters. The van der Waals surface area contributed by atoms with Crippen LogP contribution in [0, 0.1) is 0 Å². The molecule has 82 valence electrons. The molecule has 0 unspecified atom stereocenters. The van der Waals surface area contributed by atoms with Crippen LogP contribution in [-0.2, 0) is 16.1 Å². The Morgan fingerprint density at radius 2 is 2.27 bits per heavy atom. The van der Waals surface area contributed by atoms with Crippen LogP contribution in [0.25, 0.3) is 0 Å². The van der Waals surface area contributed by atoms with Gasteiger partial charge in [0.15, 0.2) is 0 Å². The second-order valence-corrected chi connectivity index (χ2v) is 3.34. The van der Waals surface area contributed by atoms with E-state index in [2.05, 4.69) is 31.7 Å². The fraction of sp³-hybridized carbons (Fsp3) is 0.375. The van der Waals surface area contributed by atoms with E-state index in [0.717, 1.165) is 0 Å². The molecular formula is C8H11BrN4O2. The summed E-state index contributed by atoms with van der Waals surface area (Å²) < 4.78 is 1.45. The third kappa shape index (κ3) is 3.70. The van der Waals surface area contributed by atoms with Gasteiger partial charge < -0.3 is 10.6 Å². The Kier molecular flexibility index (Phi) is 4.29. The molecule has 0 radical (unpaired) electrons. The van der Waals surface area contributed by atoms with Crippen molar-refractivity contribution in [3.63, 3.8) is 0 Å². The zero-order chi connectivity index (χ0) is 11.3. The molecule has 0 saturated heterocycles. The highest BCUT2D eigenvalue weighted by molar-refractivity contribution is 9.09. The third-order valence-electron chi connectivity index (χ3n) is 1.62. The summed E-state index contributed by atoms with van der Waals surface area (Å²) in [6.07, 6.45) is 3.08. The van der Waals surface area contributed by atoms with Crippen molar-refractivity contribution in [2.45, 2.75) is 6.54 Å². The zero-order valence-corrected chi connectivity index (χ0v) is 9.74. The van der Waals surface area contributed by atoms with Crippen LogP contribution in [0.15, 0.2) is 12.4 Å². The van der Waals surface area contributed by atoms with Gasteiger partial charge in [-0.15, -0.1) is 0 Å².